The fraction of sp³-hybridized carbons (Fsp3) is 0. The van der Waals surface area contributed by atoms with Crippen LogP contribution < -0.4 is 11.1 Å². The lowest BCUT2D eigenvalue weighted by Gasteiger charge is -2.01. The average Bonchev–Trinajstić information content (AvgIpc) is 2.66. The number of nitrogens with zero attached hydrogens (tertiary/aromatic N) is 1. The molecular formula is C10H10N4O. The topological polar surface area (TPSA) is 83.8 Å². The number of nitrogen functional groups attached to an aromatic ring is 1. The molecule has 5 nitrogen and oxygen atoms in total. The Labute approximate surface area is 86.3 Å². The first kappa shape index (κ1) is 9.26. The summed E-state index contributed by atoms with van der Waals surface area (Å²) in [6.07, 6.45) is 3.17. The van der Waals surface area contributed by atoms with Crippen molar-refractivity contribution in [2.75, 3.05) is 11.1 Å². The van der Waals surface area contributed by atoms with E-state index < -0.39 is 0 Å². The predicted molar refractivity (Wildman–Crippen MR) is 57.4 cm³/mol. The van der Waals surface area contributed by atoms with Crippen molar-refractivity contribution in [3.63, 3.8) is 0 Å². The van der Waals surface area contributed by atoms with E-state index in [1.165, 1.54) is 0 Å². The van der Waals surface area contributed by atoms with Crippen molar-refractivity contribution in [2.45, 2.75) is 0 Å². The van der Waals surface area contributed by atoms with Crippen LogP contribution in [0.2, 0.25) is 0 Å². The number of rotatable bonds is 2. The highest BCUT2D eigenvalue weighted by molar-refractivity contribution is 6.02. The molecule has 0 saturated carbocycles. The van der Waals surface area contributed by atoms with Crippen molar-refractivity contribution >= 4 is 17.4 Å². The lowest BCUT2D eigenvalue weighted by molar-refractivity contribution is 0.102. The van der Waals surface area contributed by atoms with E-state index in [-0.39, 0.29) is 5.91 Å². The van der Waals surface area contributed by atoms with Crippen LogP contribution in [0, 0.1) is 0 Å². The number of carbonyl (C=O) groups excluding carboxylic acids is 1. The molecule has 15 heavy (non-hydrogen) atoms. The van der Waals surface area contributed by atoms with Crippen LogP contribution >= 0.6 is 0 Å². The molecule has 4 N–H and O–H groups in total. The Morgan fingerprint density at radius 3 is 2.93 bits per heavy atom. The lowest BCUT2D eigenvalue weighted by Crippen LogP contribution is -2.12. The first-order chi connectivity index (χ1) is 7.25. The Hall–Kier alpha value is -2.30. The normalized spacial score (nSPS) is 9.87. The SMILES string of the molecule is Nc1c[nH]c(C(=O)Nc2ccccn2)c1. The van der Waals surface area contributed by atoms with E-state index in [1.54, 1.807) is 36.7 Å². The molecular weight excluding hydrogens is 192 g/mol. The van der Waals surface area contributed by atoms with Crippen LogP contribution in [0.5, 0.6) is 0 Å². The number of nitrogens with one attached hydrogen (secondary N) is 2. The van der Waals surface area contributed by atoms with Gasteiger partial charge in [0.1, 0.15) is 11.5 Å². The molecule has 0 spiro atoms. The number of aromatic amines is 1. The Balaban J connectivity index is 2.11. The molecule has 76 valence electrons. The zero-order chi connectivity index (χ0) is 10.7. The van der Waals surface area contributed by atoms with Gasteiger partial charge in [-0.1, -0.05) is 6.07 Å². The number of hydrogen-bond donors (Lipinski definition) is 3. The molecule has 0 saturated heterocycles. The van der Waals surface area contributed by atoms with Gasteiger partial charge in [0.25, 0.3) is 5.91 Å². The highest BCUT2D eigenvalue weighted by atomic mass is 16.1. The predicted octanol–water partition coefficient (Wildman–Crippen LogP) is 1.24. The van der Waals surface area contributed by atoms with Crippen molar-refractivity contribution in [2.24, 2.45) is 0 Å². The summed E-state index contributed by atoms with van der Waals surface area (Å²) in [6, 6.07) is 6.86. The van der Waals surface area contributed by atoms with Crippen LogP contribution in [-0.2, 0) is 0 Å². The monoisotopic (exact) mass is 202 g/mol. The van der Waals surface area contributed by atoms with Gasteiger partial charge >= 0.3 is 0 Å². The fourth-order valence-electron chi connectivity index (χ4n) is 1.16. The standard InChI is InChI=1S/C10H10N4O/c11-7-5-8(13-6-7)10(15)14-9-3-1-2-4-12-9/h1-6,13H,11H2,(H,12,14,15). The molecule has 0 unspecified atom stereocenters. The first-order valence-electron chi connectivity index (χ1n) is 4.42. The summed E-state index contributed by atoms with van der Waals surface area (Å²) in [6.45, 7) is 0. The second-order valence-corrected chi connectivity index (χ2v) is 3.02. The summed E-state index contributed by atoms with van der Waals surface area (Å²) >= 11 is 0. The third-order valence-electron chi connectivity index (χ3n) is 1.86. The van der Waals surface area contributed by atoms with E-state index in [1.807, 2.05) is 0 Å². The van der Waals surface area contributed by atoms with Gasteiger partial charge in [-0.15, -0.1) is 0 Å². The van der Waals surface area contributed by atoms with Crippen LogP contribution in [0.1, 0.15) is 10.5 Å². The number of anilines is 2. The summed E-state index contributed by atoms with van der Waals surface area (Å²) in [7, 11) is 0. The third kappa shape index (κ3) is 2.14. The molecule has 2 rings (SSSR count). The number of hydrogen-bond acceptors (Lipinski definition) is 3. The van der Waals surface area contributed by atoms with Gasteiger partial charge < -0.3 is 16.0 Å². The lowest BCUT2D eigenvalue weighted by atomic mass is 10.4. The first-order valence-corrected chi connectivity index (χ1v) is 4.42. The minimum atomic E-state index is -0.259. The number of carbonyl (C=O) groups is 1. The van der Waals surface area contributed by atoms with Crippen LogP contribution in [0.4, 0.5) is 11.5 Å². The maximum atomic E-state index is 11.6. The van der Waals surface area contributed by atoms with Gasteiger partial charge in [0.05, 0.1) is 0 Å². The minimum absolute atomic E-state index is 0.259. The molecule has 0 aromatic carbocycles. The molecule has 0 bridgehead atoms. The molecule has 2 heterocycles. The number of nitrogens with two attached hydrogens (primary N) is 1. The average molecular weight is 202 g/mol. The van der Waals surface area contributed by atoms with Gasteiger partial charge in [-0.25, -0.2) is 4.98 Å². The molecule has 1 amide bonds. The largest absolute Gasteiger partial charge is 0.397 e. The minimum Gasteiger partial charge on any atom is -0.397 e. The van der Waals surface area contributed by atoms with Crippen LogP contribution in [0.15, 0.2) is 36.7 Å². The van der Waals surface area contributed by atoms with Gasteiger partial charge in [0, 0.05) is 18.1 Å². The van der Waals surface area contributed by atoms with E-state index >= 15 is 0 Å². The molecule has 2 aromatic heterocycles. The Bertz CT molecular complexity index is 463. The van der Waals surface area contributed by atoms with Gasteiger partial charge in [-0.3, -0.25) is 4.79 Å². The second-order valence-electron chi connectivity index (χ2n) is 3.02. The van der Waals surface area contributed by atoms with Crippen LogP contribution in [0.3, 0.4) is 0 Å². The van der Waals surface area contributed by atoms with E-state index in [0.29, 0.717) is 17.2 Å². The molecule has 0 aliphatic carbocycles. The molecule has 0 radical (unpaired) electrons. The van der Waals surface area contributed by atoms with E-state index in [9.17, 15) is 4.79 Å². The quantitative estimate of drug-likeness (QED) is 0.685. The van der Waals surface area contributed by atoms with Gasteiger partial charge in [0.2, 0.25) is 0 Å². The molecule has 0 aliphatic rings. The van der Waals surface area contributed by atoms with E-state index in [4.69, 9.17) is 5.73 Å². The van der Waals surface area contributed by atoms with Crippen molar-refractivity contribution in [1.29, 1.82) is 0 Å². The molecule has 0 atom stereocenters. The van der Waals surface area contributed by atoms with Crippen molar-refractivity contribution < 1.29 is 4.79 Å². The van der Waals surface area contributed by atoms with E-state index in [2.05, 4.69) is 15.3 Å². The molecule has 5 heteroatoms. The number of pyridine rings is 1. The van der Waals surface area contributed by atoms with Gasteiger partial charge in [-0.05, 0) is 18.2 Å². The Morgan fingerprint density at radius 1 is 1.47 bits per heavy atom. The second kappa shape index (κ2) is 3.83. The Kier molecular flexibility index (Phi) is 2.37. The number of aromatic nitrogens is 2. The number of amides is 1. The van der Waals surface area contributed by atoms with Gasteiger partial charge in [-0.2, -0.15) is 0 Å². The zero-order valence-electron chi connectivity index (χ0n) is 7.90. The fourth-order valence-corrected chi connectivity index (χ4v) is 1.16. The van der Waals surface area contributed by atoms with Crippen LogP contribution in [-0.4, -0.2) is 15.9 Å². The molecule has 0 aliphatic heterocycles. The maximum Gasteiger partial charge on any atom is 0.273 e. The maximum absolute atomic E-state index is 11.6. The summed E-state index contributed by atoms with van der Waals surface area (Å²) < 4.78 is 0. The molecule has 2 aromatic rings. The smallest absolute Gasteiger partial charge is 0.273 e. The summed E-state index contributed by atoms with van der Waals surface area (Å²) in [5.41, 5.74) is 6.43. The van der Waals surface area contributed by atoms with Gasteiger partial charge in [0.15, 0.2) is 0 Å². The Morgan fingerprint density at radius 2 is 2.33 bits per heavy atom. The summed E-state index contributed by atoms with van der Waals surface area (Å²) in [5.74, 6) is 0.251. The summed E-state index contributed by atoms with van der Waals surface area (Å²) in [4.78, 5) is 18.3. The van der Waals surface area contributed by atoms with Crippen molar-refractivity contribution in [3.8, 4) is 0 Å². The number of H-pyrrole nitrogens is 1. The van der Waals surface area contributed by atoms with Crippen molar-refractivity contribution in [3.05, 3.63) is 42.4 Å². The van der Waals surface area contributed by atoms with Crippen molar-refractivity contribution in [1.82, 2.24) is 9.97 Å². The van der Waals surface area contributed by atoms with Crippen LogP contribution in [0.25, 0.3) is 0 Å². The summed E-state index contributed by atoms with van der Waals surface area (Å²) in [5, 5.41) is 2.63. The molecule has 0 fully saturated rings. The zero-order valence-corrected chi connectivity index (χ0v) is 7.90. The van der Waals surface area contributed by atoms with E-state index in [0.717, 1.165) is 0 Å². The highest BCUT2D eigenvalue weighted by Gasteiger charge is 2.07. The highest BCUT2D eigenvalue weighted by Crippen LogP contribution is 2.07. The third-order valence-corrected chi connectivity index (χ3v) is 1.86.